The number of benzene rings is 2. The lowest BCUT2D eigenvalue weighted by molar-refractivity contribution is -0.444. The molecule has 0 nitrogen and oxygen atoms in total. The third kappa shape index (κ3) is 4.33. The molecule has 0 aliphatic carbocycles. The monoisotopic (exact) mass is 560 g/mol. The third-order valence-corrected chi connectivity index (χ3v) is 5.53. The minimum Gasteiger partial charge on any atom is -0.194 e. The van der Waals surface area contributed by atoms with Crippen molar-refractivity contribution >= 4 is 0 Å². The van der Waals surface area contributed by atoms with Crippen molar-refractivity contribution < 1.29 is 61.5 Å². The maximum Gasteiger partial charge on any atom is 0.385 e. The van der Waals surface area contributed by atoms with E-state index in [1.54, 1.807) is 0 Å². The van der Waals surface area contributed by atoms with E-state index in [1.807, 2.05) is 0 Å². The summed E-state index contributed by atoms with van der Waals surface area (Å²) in [6, 6.07) is 2.75. The normalized spacial score (nSPS) is 14.8. The van der Waals surface area contributed by atoms with E-state index in [4.69, 9.17) is 0 Å². The highest BCUT2D eigenvalue weighted by Crippen LogP contribution is 2.64. The molecule has 0 aliphatic heterocycles. The van der Waals surface area contributed by atoms with Crippen LogP contribution in [0.3, 0.4) is 0 Å². The predicted octanol–water partition coefficient (Wildman–Crippen LogP) is 8.98. The summed E-state index contributed by atoms with van der Waals surface area (Å²) < 4.78 is 201. The smallest absolute Gasteiger partial charge is 0.194 e. The minimum atomic E-state index is -8.11. The third-order valence-electron chi connectivity index (χ3n) is 5.53. The van der Waals surface area contributed by atoms with Crippen molar-refractivity contribution in [2.75, 3.05) is 0 Å². The Kier molecular flexibility index (Phi) is 7.26. The molecule has 37 heavy (non-hydrogen) atoms. The van der Waals surface area contributed by atoms with Crippen molar-refractivity contribution in [1.29, 1.82) is 0 Å². The van der Waals surface area contributed by atoms with Crippen LogP contribution in [-0.2, 0) is 11.8 Å². The summed E-state index contributed by atoms with van der Waals surface area (Å²) in [6.07, 6.45) is 0. The van der Waals surface area contributed by atoms with Crippen LogP contribution in [-0.4, -0.2) is 29.6 Å². The van der Waals surface area contributed by atoms with E-state index in [1.165, 1.54) is 0 Å². The number of hydrogen-bond acceptors (Lipinski definition) is 0. The van der Waals surface area contributed by atoms with Gasteiger partial charge in [-0.3, -0.25) is 0 Å². The molecular weight excluding hydrogens is 542 g/mol. The van der Waals surface area contributed by atoms with E-state index in [9.17, 15) is 61.5 Å². The van der Waals surface area contributed by atoms with Crippen LogP contribution in [0.1, 0.15) is 33.4 Å². The molecule has 0 unspecified atom stereocenters. The summed E-state index contributed by atoms with van der Waals surface area (Å²) in [6.45, 7) is 4.06. The van der Waals surface area contributed by atoms with Gasteiger partial charge in [-0.25, -0.2) is 0 Å². The van der Waals surface area contributed by atoms with Crippen molar-refractivity contribution in [2.45, 2.75) is 69.2 Å². The highest BCUT2D eigenvalue weighted by molar-refractivity contribution is 5.35. The van der Waals surface area contributed by atoms with Gasteiger partial charge in [0.2, 0.25) is 0 Å². The average molecular weight is 560 g/mol. The van der Waals surface area contributed by atoms with Crippen LogP contribution in [0.2, 0.25) is 0 Å². The first-order chi connectivity index (χ1) is 16.3. The molecule has 0 amide bonds. The maximum atomic E-state index is 14.4. The minimum absolute atomic E-state index is 0.149. The van der Waals surface area contributed by atoms with Crippen molar-refractivity contribution in [3.8, 4) is 0 Å². The molecule has 0 bridgehead atoms. The van der Waals surface area contributed by atoms with Crippen LogP contribution in [0.5, 0.6) is 0 Å². The van der Waals surface area contributed by atoms with Gasteiger partial charge in [-0.2, -0.15) is 61.5 Å². The highest BCUT2D eigenvalue weighted by Gasteiger charge is 2.93. The Morgan fingerprint density at radius 1 is 0.324 bits per heavy atom. The maximum absolute atomic E-state index is 14.4. The van der Waals surface area contributed by atoms with E-state index >= 15 is 0 Å². The molecule has 2 aromatic rings. The lowest BCUT2D eigenvalue weighted by Gasteiger charge is -2.43. The topological polar surface area (TPSA) is 0 Å². The number of hydrogen-bond donors (Lipinski definition) is 0. The van der Waals surface area contributed by atoms with E-state index < -0.39 is 52.6 Å². The van der Waals surface area contributed by atoms with Crippen LogP contribution >= 0.6 is 0 Å². The van der Waals surface area contributed by atoms with Gasteiger partial charge in [0.25, 0.3) is 0 Å². The van der Waals surface area contributed by atoms with Crippen LogP contribution in [0.15, 0.2) is 36.4 Å². The lowest BCUT2D eigenvalue weighted by atomic mass is 9.85. The van der Waals surface area contributed by atoms with E-state index in [-0.39, 0.29) is 46.5 Å². The van der Waals surface area contributed by atoms with Gasteiger partial charge in [-0.15, -0.1) is 0 Å². The van der Waals surface area contributed by atoms with Crippen molar-refractivity contribution in [3.63, 3.8) is 0 Å². The molecule has 0 atom stereocenters. The number of rotatable bonds is 8. The van der Waals surface area contributed by atoms with E-state index in [2.05, 4.69) is 0 Å². The summed E-state index contributed by atoms with van der Waals surface area (Å²) >= 11 is 0. The van der Waals surface area contributed by atoms with Crippen LogP contribution in [0.25, 0.3) is 0 Å². The summed E-state index contributed by atoms with van der Waals surface area (Å²) in [7, 11) is 0. The first-order valence-corrected chi connectivity index (χ1v) is 10.1. The average Bonchev–Trinajstić information content (AvgIpc) is 2.71. The molecule has 14 heteroatoms. The van der Waals surface area contributed by atoms with Gasteiger partial charge in [-0.1, -0.05) is 34.4 Å². The fourth-order valence-corrected chi connectivity index (χ4v) is 3.66. The summed E-state index contributed by atoms with van der Waals surface area (Å²) in [5.74, 6) is -51.6. The molecule has 2 rings (SSSR count). The zero-order valence-corrected chi connectivity index (χ0v) is 19.3. The molecule has 0 saturated carbocycles. The summed E-state index contributed by atoms with van der Waals surface area (Å²) in [4.78, 5) is 0. The van der Waals surface area contributed by atoms with E-state index in [0.29, 0.717) is 0 Å². The van der Waals surface area contributed by atoms with Crippen LogP contribution < -0.4 is 0 Å². The van der Waals surface area contributed by atoms with Crippen molar-refractivity contribution in [3.05, 3.63) is 69.8 Å². The van der Waals surface area contributed by atoms with Crippen molar-refractivity contribution in [1.82, 2.24) is 0 Å². The Balaban J connectivity index is 2.70. The molecule has 0 aliphatic rings. The lowest BCUT2D eigenvalue weighted by Crippen LogP contribution is -2.72. The standard InChI is InChI=1S/C23H18F14/c1-11-5-12(2)8-15(7-11)17(24,25)19(28,29)21(32,33)23(36,37)22(34,35)20(30,31)18(26,27)16-9-13(3)6-14(4)10-16/h5-10H,1-4H3. The quantitative estimate of drug-likeness (QED) is 0.283. The number of halogens is 14. The molecule has 0 N–H and O–H groups in total. The molecule has 0 saturated heterocycles. The molecule has 0 radical (unpaired) electrons. The molecular formula is C23H18F14. The molecule has 0 heterocycles. The Hall–Kier alpha value is -2.54. The Labute approximate surface area is 201 Å². The van der Waals surface area contributed by atoms with Gasteiger partial charge in [0.15, 0.2) is 0 Å². The first kappa shape index (κ1) is 30.7. The summed E-state index contributed by atoms with van der Waals surface area (Å²) in [5, 5.41) is 0. The molecule has 0 spiro atoms. The second-order valence-corrected chi connectivity index (χ2v) is 8.77. The number of aryl methyl sites for hydroxylation is 4. The fraction of sp³-hybridized carbons (Fsp3) is 0.478. The Bertz CT molecular complexity index is 1030. The van der Waals surface area contributed by atoms with Crippen LogP contribution in [0, 0.1) is 27.7 Å². The second-order valence-electron chi connectivity index (χ2n) is 8.77. The largest absolute Gasteiger partial charge is 0.385 e. The van der Waals surface area contributed by atoms with Gasteiger partial charge in [0, 0.05) is 11.1 Å². The predicted molar refractivity (Wildman–Crippen MR) is 104 cm³/mol. The SMILES string of the molecule is Cc1cc(C)cc(C(F)(F)C(F)(F)C(F)(F)C(F)(F)C(F)(F)C(F)(F)C(F)(F)c2cc(C)cc(C)c2)c1. The Morgan fingerprint density at radius 3 is 0.730 bits per heavy atom. The van der Waals surface area contributed by atoms with Gasteiger partial charge < -0.3 is 0 Å². The highest BCUT2D eigenvalue weighted by atomic mass is 19.4. The Morgan fingerprint density at radius 2 is 0.514 bits per heavy atom. The second kappa shape index (κ2) is 8.75. The molecule has 0 fully saturated rings. The molecule has 2 aromatic carbocycles. The van der Waals surface area contributed by atoms with E-state index in [0.717, 1.165) is 39.8 Å². The number of alkyl halides is 14. The van der Waals surface area contributed by atoms with Crippen molar-refractivity contribution in [2.24, 2.45) is 0 Å². The summed E-state index contributed by atoms with van der Waals surface area (Å²) in [5.41, 5.74) is -5.09. The van der Waals surface area contributed by atoms with Gasteiger partial charge in [0.1, 0.15) is 0 Å². The molecule has 208 valence electrons. The van der Waals surface area contributed by atoms with Gasteiger partial charge in [-0.05, 0) is 52.0 Å². The first-order valence-electron chi connectivity index (χ1n) is 10.1. The van der Waals surface area contributed by atoms with Gasteiger partial charge >= 0.3 is 41.5 Å². The van der Waals surface area contributed by atoms with Crippen LogP contribution in [0.4, 0.5) is 61.5 Å². The fourth-order valence-electron chi connectivity index (χ4n) is 3.66. The van der Waals surface area contributed by atoms with Gasteiger partial charge in [0.05, 0.1) is 0 Å². The zero-order chi connectivity index (χ0) is 29.2. The zero-order valence-electron chi connectivity index (χ0n) is 19.3. The molecule has 0 aromatic heterocycles.